The molecule has 0 aliphatic rings. The number of hydrogen-bond donors (Lipinski definition) is 0. The number of benzene rings is 2. The summed E-state index contributed by atoms with van der Waals surface area (Å²) in [7, 11) is 1.51. The van der Waals surface area contributed by atoms with Crippen LogP contribution in [0, 0.1) is 6.92 Å². The molecule has 0 aliphatic heterocycles. The Balaban J connectivity index is 2.24. The number of hydrogen-bond acceptors (Lipinski definition) is 1. The molecular weight excluding hydrogens is 305 g/mol. The molecule has 2 rings (SSSR count). The van der Waals surface area contributed by atoms with E-state index in [-0.39, 0.29) is 12.5 Å². The molecule has 0 fully saturated rings. The van der Waals surface area contributed by atoms with E-state index in [1.165, 1.54) is 24.1 Å². The molecule has 122 valence electrons. The minimum absolute atomic E-state index is 0.134. The Kier molecular flexibility index (Phi) is 4.75. The molecule has 0 aliphatic carbocycles. The van der Waals surface area contributed by atoms with Crippen LogP contribution >= 0.6 is 0 Å². The van der Waals surface area contributed by atoms with Gasteiger partial charge in [0.05, 0.1) is 5.56 Å². The summed E-state index contributed by atoms with van der Waals surface area (Å²) in [6.07, 6.45) is -4.40. The van der Waals surface area contributed by atoms with Gasteiger partial charge in [-0.2, -0.15) is 13.2 Å². The molecule has 2 aromatic rings. The lowest BCUT2D eigenvalue weighted by atomic mass is 10.0. The van der Waals surface area contributed by atoms with Gasteiger partial charge >= 0.3 is 6.18 Å². The van der Waals surface area contributed by atoms with E-state index in [9.17, 15) is 18.0 Å². The molecule has 3 nitrogen and oxygen atoms in total. The number of carbonyl (C=O) groups excluding carboxylic acids is 1. The first-order valence-corrected chi connectivity index (χ1v) is 6.93. The highest BCUT2D eigenvalue weighted by atomic mass is 19.4. The summed E-state index contributed by atoms with van der Waals surface area (Å²) in [4.78, 5) is 13.7. The predicted octanol–water partition coefficient (Wildman–Crippen LogP) is 4.84. The van der Waals surface area contributed by atoms with E-state index in [1.807, 2.05) is 6.92 Å². The second-order valence-electron chi connectivity index (χ2n) is 5.23. The first-order valence-electron chi connectivity index (χ1n) is 6.93. The van der Waals surface area contributed by atoms with Crippen LogP contribution in [0.2, 0.25) is 0 Å². The maximum absolute atomic E-state index is 12.6. The molecule has 0 saturated heterocycles. The second-order valence-corrected chi connectivity index (χ2v) is 5.23. The van der Waals surface area contributed by atoms with Crippen LogP contribution in [0.5, 0.6) is 0 Å². The van der Waals surface area contributed by atoms with Gasteiger partial charge in [-0.05, 0) is 48.9 Å². The molecule has 0 saturated carbocycles. The van der Waals surface area contributed by atoms with Gasteiger partial charge < -0.3 is 10.6 Å². The number of carbonyl (C=O) groups is 1. The summed E-state index contributed by atoms with van der Waals surface area (Å²) in [5.74, 6) is -0.315. The van der Waals surface area contributed by atoms with Gasteiger partial charge in [0, 0.05) is 18.3 Å². The molecule has 6 heteroatoms. The Morgan fingerprint density at radius 3 is 2.22 bits per heavy atom. The highest BCUT2D eigenvalue weighted by Gasteiger charge is 2.30. The number of nitrogens with one attached hydrogen (secondary N) is 1. The number of anilines is 1. The maximum atomic E-state index is 12.6. The summed E-state index contributed by atoms with van der Waals surface area (Å²) in [5.41, 5.74) is 9.10. The summed E-state index contributed by atoms with van der Waals surface area (Å²) in [6, 6.07) is 9.47. The first kappa shape index (κ1) is 17.0. The van der Waals surface area contributed by atoms with Gasteiger partial charge in [0.2, 0.25) is 0 Å². The third-order valence-electron chi connectivity index (χ3n) is 3.67. The van der Waals surface area contributed by atoms with Crippen LogP contribution in [0.1, 0.15) is 27.0 Å². The molecule has 23 heavy (non-hydrogen) atoms. The van der Waals surface area contributed by atoms with Gasteiger partial charge in [-0.3, -0.25) is 4.79 Å². The zero-order valence-electron chi connectivity index (χ0n) is 12.7. The van der Waals surface area contributed by atoms with Crippen LogP contribution in [0.4, 0.5) is 18.9 Å². The van der Waals surface area contributed by atoms with E-state index in [0.29, 0.717) is 11.3 Å². The van der Waals surface area contributed by atoms with E-state index >= 15 is 0 Å². The van der Waals surface area contributed by atoms with Crippen molar-refractivity contribution in [2.75, 3.05) is 11.9 Å². The van der Waals surface area contributed by atoms with Gasteiger partial charge in [0.15, 0.2) is 0 Å². The fourth-order valence-electron chi connectivity index (χ4n) is 2.21. The van der Waals surface area contributed by atoms with Crippen LogP contribution in [-0.2, 0) is 12.7 Å². The number of alkyl halides is 3. The van der Waals surface area contributed by atoms with Crippen LogP contribution < -0.4 is 4.90 Å². The number of aryl methyl sites for hydroxylation is 1. The fraction of sp³-hybridized carbons (Fsp3) is 0.235. The largest absolute Gasteiger partial charge is 0.674 e. The zero-order valence-corrected chi connectivity index (χ0v) is 12.7. The number of amides is 1. The molecule has 1 amide bonds. The molecule has 0 aromatic heterocycles. The normalized spacial score (nSPS) is 11.4. The summed E-state index contributed by atoms with van der Waals surface area (Å²) < 4.78 is 37.7. The molecule has 0 radical (unpaired) electrons. The van der Waals surface area contributed by atoms with Crippen molar-refractivity contribution in [1.82, 2.24) is 0 Å². The van der Waals surface area contributed by atoms with E-state index < -0.39 is 11.7 Å². The van der Waals surface area contributed by atoms with Crippen molar-refractivity contribution in [2.24, 2.45) is 0 Å². The number of halogens is 3. The van der Waals surface area contributed by atoms with E-state index in [2.05, 4.69) is 0 Å². The molecule has 2 aromatic carbocycles. The van der Waals surface area contributed by atoms with E-state index in [0.717, 1.165) is 23.3 Å². The third kappa shape index (κ3) is 3.71. The van der Waals surface area contributed by atoms with Crippen molar-refractivity contribution in [3.8, 4) is 0 Å². The van der Waals surface area contributed by atoms with Crippen molar-refractivity contribution in [1.29, 1.82) is 0 Å². The molecule has 0 bridgehead atoms. The number of rotatable bonds is 3. The van der Waals surface area contributed by atoms with Crippen molar-refractivity contribution in [3.63, 3.8) is 0 Å². The number of nitrogens with zero attached hydrogens (tertiary/aromatic N) is 1. The zero-order chi connectivity index (χ0) is 17.2. The highest BCUT2D eigenvalue weighted by Crippen LogP contribution is 2.30. The third-order valence-corrected chi connectivity index (χ3v) is 3.67. The van der Waals surface area contributed by atoms with Gasteiger partial charge in [-0.1, -0.05) is 11.6 Å². The molecule has 0 spiro atoms. The summed E-state index contributed by atoms with van der Waals surface area (Å²) in [6.45, 7) is 1.95. The molecular formula is C17H16F3N2O-. The highest BCUT2D eigenvalue weighted by molar-refractivity contribution is 6.05. The summed E-state index contributed by atoms with van der Waals surface area (Å²) >= 11 is 0. The lowest BCUT2D eigenvalue weighted by Gasteiger charge is -2.19. The lowest BCUT2D eigenvalue weighted by molar-refractivity contribution is -0.137. The minimum atomic E-state index is -4.40. The average molecular weight is 321 g/mol. The Morgan fingerprint density at radius 2 is 1.74 bits per heavy atom. The van der Waals surface area contributed by atoms with Crippen LogP contribution in [0.3, 0.4) is 0 Å². The Morgan fingerprint density at radius 1 is 1.13 bits per heavy atom. The van der Waals surface area contributed by atoms with Crippen LogP contribution in [-0.4, -0.2) is 13.0 Å². The standard InChI is InChI=1S/C17H16F3N2O/c1-11-9-12(3-4-13(11)10-21)16(23)22(2)15-7-5-14(6-8-15)17(18,19)20/h3-9,21H,10H2,1-2H3/q-1. The SMILES string of the molecule is Cc1cc(C(=O)N(C)c2ccc(C(F)(F)F)cc2)ccc1C[NH-]. The van der Waals surface area contributed by atoms with Crippen molar-refractivity contribution in [3.05, 3.63) is 70.5 Å². The van der Waals surface area contributed by atoms with Crippen molar-refractivity contribution in [2.45, 2.75) is 19.6 Å². The molecule has 1 N–H and O–H groups in total. The van der Waals surface area contributed by atoms with Crippen LogP contribution in [0.25, 0.3) is 5.73 Å². The van der Waals surface area contributed by atoms with Gasteiger partial charge in [0.25, 0.3) is 5.91 Å². The van der Waals surface area contributed by atoms with E-state index in [4.69, 9.17) is 5.73 Å². The molecule has 0 unspecified atom stereocenters. The van der Waals surface area contributed by atoms with Gasteiger partial charge in [0.1, 0.15) is 0 Å². The van der Waals surface area contributed by atoms with E-state index in [1.54, 1.807) is 18.2 Å². The fourth-order valence-corrected chi connectivity index (χ4v) is 2.21. The predicted molar refractivity (Wildman–Crippen MR) is 83.4 cm³/mol. The quantitative estimate of drug-likeness (QED) is 0.797. The Labute approximate surface area is 132 Å². The van der Waals surface area contributed by atoms with Crippen molar-refractivity contribution >= 4 is 11.6 Å². The minimum Gasteiger partial charge on any atom is -0.674 e. The van der Waals surface area contributed by atoms with Crippen LogP contribution in [0.15, 0.2) is 42.5 Å². The molecule has 0 atom stereocenters. The second kappa shape index (κ2) is 6.42. The van der Waals surface area contributed by atoms with Crippen molar-refractivity contribution < 1.29 is 18.0 Å². The Bertz CT molecular complexity index is 709. The molecule has 0 heterocycles. The lowest BCUT2D eigenvalue weighted by Crippen LogP contribution is -2.26. The average Bonchev–Trinajstić information content (AvgIpc) is 2.52. The summed E-state index contributed by atoms with van der Waals surface area (Å²) in [5, 5.41) is 0. The Hall–Kier alpha value is -2.34. The first-order chi connectivity index (χ1) is 10.7. The monoisotopic (exact) mass is 321 g/mol. The topological polar surface area (TPSA) is 44.1 Å². The van der Waals surface area contributed by atoms with Gasteiger partial charge in [-0.25, -0.2) is 0 Å². The smallest absolute Gasteiger partial charge is 0.416 e. The maximum Gasteiger partial charge on any atom is 0.416 e. The van der Waals surface area contributed by atoms with Gasteiger partial charge in [-0.15, -0.1) is 6.54 Å².